The highest BCUT2D eigenvalue weighted by molar-refractivity contribution is 9.10. The van der Waals surface area contributed by atoms with Crippen molar-refractivity contribution in [3.05, 3.63) is 29.7 Å². The number of halogens is 2. The van der Waals surface area contributed by atoms with E-state index in [0.29, 0.717) is 21.3 Å². The lowest BCUT2D eigenvalue weighted by atomic mass is 10.1. The Hall–Kier alpha value is -1.51. The second kappa shape index (κ2) is 4.80. The number of nitrogen functional groups attached to an aromatic ring is 1. The highest BCUT2D eigenvalue weighted by Gasteiger charge is 2.44. The van der Waals surface area contributed by atoms with E-state index in [4.69, 9.17) is 10.5 Å². The van der Waals surface area contributed by atoms with E-state index in [1.807, 2.05) is 0 Å². The van der Waals surface area contributed by atoms with Gasteiger partial charge in [0, 0.05) is 10.7 Å². The van der Waals surface area contributed by atoms with Gasteiger partial charge in [-0.15, -0.1) is 6.58 Å². The van der Waals surface area contributed by atoms with E-state index in [9.17, 15) is 9.50 Å². The summed E-state index contributed by atoms with van der Waals surface area (Å²) in [4.78, 5) is 8.02. The van der Waals surface area contributed by atoms with E-state index in [-0.39, 0.29) is 0 Å². The van der Waals surface area contributed by atoms with Crippen LogP contribution in [-0.4, -0.2) is 38.0 Å². The van der Waals surface area contributed by atoms with Crippen molar-refractivity contribution in [2.24, 2.45) is 0 Å². The van der Waals surface area contributed by atoms with Crippen LogP contribution in [0, 0.1) is 0 Å². The van der Waals surface area contributed by atoms with E-state index in [0.717, 1.165) is 0 Å². The van der Waals surface area contributed by atoms with Gasteiger partial charge in [-0.25, -0.2) is 14.4 Å². The summed E-state index contributed by atoms with van der Waals surface area (Å²) in [5.74, 6) is 0.296. The summed E-state index contributed by atoms with van der Waals surface area (Å²) in [6.45, 7) is 3.50. The quantitative estimate of drug-likeness (QED) is 0.809. The Labute approximate surface area is 122 Å². The van der Waals surface area contributed by atoms with Gasteiger partial charge in [-0.2, -0.15) is 0 Å². The smallest absolute Gasteiger partial charge is 0.165 e. The Bertz CT molecular complexity index is 677. The number of fused-ring (bicyclic) bond motifs is 1. The zero-order valence-corrected chi connectivity index (χ0v) is 11.9. The molecule has 0 bridgehead atoms. The van der Waals surface area contributed by atoms with Gasteiger partial charge in [0.1, 0.15) is 30.0 Å². The van der Waals surface area contributed by atoms with Crippen LogP contribution >= 0.6 is 15.9 Å². The van der Waals surface area contributed by atoms with Crippen LogP contribution in [0.25, 0.3) is 11.0 Å². The predicted octanol–water partition coefficient (Wildman–Crippen LogP) is 1.56. The zero-order chi connectivity index (χ0) is 14.4. The van der Waals surface area contributed by atoms with Gasteiger partial charge in [-0.3, -0.25) is 0 Å². The van der Waals surface area contributed by atoms with Crippen LogP contribution in [0.2, 0.25) is 0 Å². The minimum absolute atomic E-state index is 0.296. The number of nitrogens with two attached hydrogens (primary N) is 1. The number of nitrogens with zero attached hydrogens (tertiary/aromatic N) is 3. The van der Waals surface area contributed by atoms with Gasteiger partial charge >= 0.3 is 0 Å². The molecule has 0 spiro atoms. The first kappa shape index (κ1) is 13.5. The fourth-order valence-corrected chi connectivity index (χ4v) is 2.94. The van der Waals surface area contributed by atoms with E-state index in [2.05, 4.69) is 32.5 Å². The lowest BCUT2D eigenvalue weighted by molar-refractivity contribution is -0.0230. The molecule has 8 heteroatoms. The normalized spacial score (nSPS) is 29.9. The van der Waals surface area contributed by atoms with Gasteiger partial charge in [-0.05, 0) is 15.9 Å². The highest BCUT2D eigenvalue weighted by Crippen LogP contribution is 2.37. The Morgan fingerprint density at radius 3 is 2.95 bits per heavy atom. The number of hydrogen-bond donors (Lipinski definition) is 2. The second-order valence-electron chi connectivity index (χ2n) is 4.50. The molecule has 2 aromatic heterocycles. The number of aliphatic hydroxyl groups excluding tert-OH is 1. The van der Waals surface area contributed by atoms with Gasteiger partial charge in [-0.1, -0.05) is 6.08 Å². The number of hydrogen-bond acceptors (Lipinski definition) is 5. The molecule has 1 aliphatic heterocycles. The molecule has 0 saturated carbocycles. The largest absolute Gasteiger partial charge is 0.385 e. The van der Waals surface area contributed by atoms with Crippen molar-refractivity contribution in [2.75, 3.05) is 5.73 Å². The van der Waals surface area contributed by atoms with Crippen molar-refractivity contribution >= 4 is 32.8 Å². The standard InChI is InChI=1S/C12H12BrFN4O2/c1-2-6-8(14)9(19)12(20-6)18-3-5(13)7-10(15)16-4-17-11(7)18/h2-4,6,8-9,12,19H,1H2,(H2,15,16,17)/t6-,8+,9-,12-/m1/s1. The monoisotopic (exact) mass is 342 g/mol. The molecule has 1 aliphatic rings. The molecular formula is C12H12BrFN4O2. The van der Waals surface area contributed by atoms with Crippen LogP contribution in [0.4, 0.5) is 10.2 Å². The molecular weight excluding hydrogens is 331 g/mol. The number of aliphatic hydroxyl groups is 1. The maximum absolute atomic E-state index is 13.9. The fourth-order valence-electron chi connectivity index (χ4n) is 2.34. The number of anilines is 1. The molecule has 20 heavy (non-hydrogen) atoms. The Morgan fingerprint density at radius 1 is 1.55 bits per heavy atom. The molecule has 3 heterocycles. The van der Waals surface area contributed by atoms with Crippen molar-refractivity contribution in [1.29, 1.82) is 0 Å². The summed E-state index contributed by atoms with van der Waals surface area (Å²) < 4.78 is 21.5. The van der Waals surface area contributed by atoms with Gasteiger partial charge in [0.05, 0.1) is 5.39 Å². The molecule has 0 aromatic carbocycles. The summed E-state index contributed by atoms with van der Waals surface area (Å²) in [5.41, 5.74) is 6.26. The maximum Gasteiger partial charge on any atom is 0.165 e. The fraction of sp³-hybridized carbons (Fsp3) is 0.333. The SMILES string of the molecule is C=C[C@H]1O[C@@H](n2cc(Br)c3c(N)ncnc32)[C@H](O)[C@H]1F. The third kappa shape index (κ3) is 1.83. The van der Waals surface area contributed by atoms with Gasteiger partial charge < -0.3 is 20.1 Å². The molecule has 2 aromatic rings. The van der Waals surface area contributed by atoms with Crippen LogP contribution in [-0.2, 0) is 4.74 Å². The van der Waals surface area contributed by atoms with E-state index < -0.39 is 24.6 Å². The van der Waals surface area contributed by atoms with Crippen LogP contribution in [0.1, 0.15) is 6.23 Å². The number of ether oxygens (including phenoxy) is 1. The number of aromatic nitrogens is 3. The van der Waals surface area contributed by atoms with Crippen molar-refractivity contribution < 1.29 is 14.2 Å². The van der Waals surface area contributed by atoms with Crippen molar-refractivity contribution in [1.82, 2.24) is 14.5 Å². The van der Waals surface area contributed by atoms with Crippen LogP contribution in [0.15, 0.2) is 29.7 Å². The molecule has 0 unspecified atom stereocenters. The Morgan fingerprint density at radius 2 is 2.30 bits per heavy atom. The first-order chi connectivity index (χ1) is 9.54. The average molecular weight is 343 g/mol. The molecule has 3 N–H and O–H groups in total. The van der Waals surface area contributed by atoms with Crippen molar-refractivity contribution in [3.8, 4) is 0 Å². The van der Waals surface area contributed by atoms with Gasteiger partial charge in [0.2, 0.25) is 0 Å². The van der Waals surface area contributed by atoms with E-state index in [1.165, 1.54) is 17.0 Å². The minimum atomic E-state index is -1.53. The summed E-state index contributed by atoms with van der Waals surface area (Å²) >= 11 is 3.35. The summed E-state index contributed by atoms with van der Waals surface area (Å²) in [7, 11) is 0. The summed E-state index contributed by atoms with van der Waals surface area (Å²) in [6, 6.07) is 0. The topological polar surface area (TPSA) is 86.2 Å². The van der Waals surface area contributed by atoms with E-state index >= 15 is 0 Å². The first-order valence-electron chi connectivity index (χ1n) is 5.91. The van der Waals surface area contributed by atoms with Crippen LogP contribution in [0.5, 0.6) is 0 Å². The molecule has 106 valence electrons. The van der Waals surface area contributed by atoms with E-state index in [1.54, 1.807) is 6.20 Å². The summed E-state index contributed by atoms with van der Waals surface area (Å²) in [6.07, 6.45) is -0.314. The van der Waals surface area contributed by atoms with Crippen LogP contribution < -0.4 is 5.73 Å². The second-order valence-corrected chi connectivity index (χ2v) is 5.36. The molecule has 1 fully saturated rings. The first-order valence-corrected chi connectivity index (χ1v) is 6.70. The molecule has 3 rings (SSSR count). The average Bonchev–Trinajstić information content (AvgIpc) is 2.90. The molecule has 0 radical (unpaired) electrons. The van der Waals surface area contributed by atoms with Gasteiger partial charge in [0.15, 0.2) is 12.4 Å². The molecule has 6 nitrogen and oxygen atoms in total. The predicted molar refractivity (Wildman–Crippen MR) is 74.7 cm³/mol. The Balaban J connectivity index is 2.12. The van der Waals surface area contributed by atoms with Crippen molar-refractivity contribution in [3.63, 3.8) is 0 Å². The van der Waals surface area contributed by atoms with Gasteiger partial charge in [0.25, 0.3) is 0 Å². The third-order valence-corrected chi connectivity index (χ3v) is 3.93. The lowest BCUT2D eigenvalue weighted by Gasteiger charge is -2.16. The van der Waals surface area contributed by atoms with Crippen molar-refractivity contribution in [2.45, 2.75) is 24.6 Å². The highest BCUT2D eigenvalue weighted by atomic mass is 79.9. The minimum Gasteiger partial charge on any atom is -0.385 e. The maximum atomic E-state index is 13.9. The number of alkyl halides is 1. The Kier molecular flexibility index (Phi) is 3.23. The number of rotatable bonds is 2. The van der Waals surface area contributed by atoms with Crippen LogP contribution in [0.3, 0.4) is 0 Å². The molecule has 4 atom stereocenters. The summed E-state index contributed by atoms with van der Waals surface area (Å²) in [5, 5.41) is 10.6. The molecule has 0 amide bonds. The zero-order valence-electron chi connectivity index (χ0n) is 10.3. The molecule has 1 saturated heterocycles. The third-order valence-electron chi connectivity index (χ3n) is 3.33. The lowest BCUT2D eigenvalue weighted by Crippen LogP contribution is -2.27. The molecule has 0 aliphatic carbocycles.